The Kier molecular flexibility index (Phi) is 6.45. The first kappa shape index (κ1) is 26.0. The topological polar surface area (TPSA) is 82.1 Å². The molecule has 5 aliphatic rings. The Morgan fingerprint density at radius 1 is 1.08 bits per heavy atom. The van der Waals surface area contributed by atoms with Gasteiger partial charge in [-0.2, -0.15) is 0 Å². The minimum atomic E-state index is -0.594. The van der Waals surface area contributed by atoms with E-state index in [1.165, 1.54) is 28.2 Å². The van der Waals surface area contributed by atoms with Gasteiger partial charge in [-0.05, 0) is 60.1 Å². The zero-order valence-corrected chi connectivity index (χ0v) is 23.4. The molecule has 7 rings (SSSR count). The molecule has 2 heterocycles. The predicted octanol–water partition coefficient (Wildman–Crippen LogP) is 5.90. The number of hydrogen-bond acceptors (Lipinski definition) is 8. The van der Waals surface area contributed by atoms with Gasteiger partial charge in [-0.15, -0.1) is 22.7 Å². The molecule has 1 N–H and O–H groups in total. The van der Waals surface area contributed by atoms with Crippen molar-refractivity contribution in [3.05, 3.63) is 68.6 Å². The Hall–Kier alpha value is -2.26. The molecule has 6 nitrogen and oxygen atoms in total. The first-order valence-corrected chi connectivity index (χ1v) is 15.0. The second-order valence-electron chi connectivity index (χ2n) is 11.8. The number of aliphatic hydroxyl groups excluding tert-OH is 1. The second-order valence-corrected chi connectivity index (χ2v) is 13.7. The van der Waals surface area contributed by atoms with E-state index in [1.54, 1.807) is 19.2 Å². The summed E-state index contributed by atoms with van der Waals surface area (Å²) in [5.41, 5.74) is 0.923. The van der Waals surface area contributed by atoms with Crippen molar-refractivity contribution in [2.24, 2.45) is 28.1 Å². The smallest absolute Gasteiger partial charge is 0.348 e. The standard InChI is InChI=1S/C30H34O6S2/c1-18-13-19-15-30(25(18)34-3)23(31)14-22-28(2,16-35-26(32)20-7-4-11-37-20)9-6-10-29(22,24(19)30)17-36-27(33)21-8-5-12-38-21/h4-5,7-8,11-13,22-25,31H,1,6,9-10,14-17H2,2-3H3/t22?,23-,24?,25+,28+,29+,30+/m1/s1. The summed E-state index contributed by atoms with van der Waals surface area (Å²) in [7, 11) is 1.69. The van der Waals surface area contributed by atoms with Crippen LogP contribution in [0.25, 0.3) is 0 Å². The van der Waals surface area contributed by atoms with Crippen molar-refractivity contribution < 1.29 is 28.9 Å². The molecule has 2 aromatic heterocycles. The second kappa shape index (κ2) is 9.44. The van der Waals surface area contributed by atoms with Crippen molar-refractivity contribution in [1.82, 2.24) is 0 Å². The van der Waals surface area contributed by atoms with E-state index in [2.05, 4.69) is 19.6 Å². The van der Waals surface area contributed by atoms with Crippen LogP contribution in [0, 0.1) is 28.1 Å². The Bertz CT molecular complexity index is 1270. The lowest BCUT2D eigenvalue weighted by molar-refractivity contribution is -0.259. The molecule has 3 fully saturated rings. The van der Waals surface area contributed by atoms with Crippen molar-refractivity contribution in [1.29, 1.82) is 0 Å². The number of carbonyl (C=O) groups is 2. The van der Waals surface area contributed by atoms with E-state index in [4.69, 9.17) is 14.2 Å². The molecule has 2 unspecified atom stereocenters. The summed E-state index contributed by atoms with van der Waals surface area (Å²) in [5, 5.41) is 15.5. The van der Waals surface area contributed by atoms with Crippen LogP contribution in [-0.2, 0) is 14.2 Å². The normalized spacial score (nSPS) is 37.3. The Labute approximate surface area is 231 Å². The highest BCUT2D eigenvalue weighted by molar-refractivity contribution is 7.12. The Morgan fingerprint density at radius 2 is 1.74 bits per heavy atom. The largest absolute Gasteiger partial charge is 0.461 e. The zero-order valence-electron chi connectivity index (χ0n) is 21.8. The fourth-order valence-electron chi connectivity index (χ4n) is 8.53. The lowest BCUT2D eigenvalue weighted by Crippen LogP contribution is -2.73. The Morgan fingerprint density at radius 3 is 2.34 bits per heavy atom. The van der Waals surface area contributed by atoms with E-state index in [9.17, 15) is 14.7 Å². The van der Waals surface area contributed by atoms with E-state index in [0.717, 1.165) is 31.3 Å². The van der Waals surface area contributed by atoms with E-state index in [1.807, 2.05) is 22.9 Å². The molecule has 1 spiro atoms. The molecule has 2 bridgehead atoms. The molecule has 0 saturated heterocycles. The van der Waals surface area contributed by atoms with E-state index in [0.29, 0.717) is 16.2 Å². The van der Waals surface area contributed by atoms with Crippen molar-refractivity contribution >= 4 is 34.6 Å². The number of aliphatic hydroxyl groups is 1. The SMILES string of the molecule is C=C1C=C2C[C@]3(C2[C@]2(COC(=O)c4cccs4)CCC[C@@](C)(COC(=O)c4cccs4)C2C[C@H]3O)[C@H]1OC. The van der Waals surface area contributed by atoms with Crippen LogP contribution < -0.4 is 0 Å². The summed E-state index contributed by atoms with van der Waals surface area (Å²) in [6.45, 7) is 6.96. The van der Waals surface area contributed by atoms with Gasteiger partial charge in [0.1, 0.15) is 9.75 Å². The minimum absolute atomic E-state index is 0.00304. The van der Waals surface area contributed by atoms with Gasteiger partial charge in [-0.3, -0.25) is 0 Å². The molecule has 5 aliphatic carbocycles. The fourth-order valence-corrected chi connectivity index (χ4v) is 9.76. The van der Waals surface area contributed by atoms with Crippen LogP contribution in [-0.4, -0.2) is 49.6 Å². The summed E-state index contributed by atoms with van der Waals surface area (Å²) in [6, 6.07) is 7.26. The van der Waals surface area contributed by atoms with Gasteiger partial charge in [0.05, 0.1) is 25.4 Å². The first-order chi connectivity index (χ1) is 18.2. The third-order valence-electron chi connectivity index (χ3n) is 9.88. The van der Waals surface area contributed by atoms with E-state index >= 15 is 0 Å². The van der Waals surface area contributed by atoms with Gasteiger partial charge in [-0.25, -0.2) is 9.59 Å². The van der Waals surface area contributed by atoms with Gasteiger partial charge in [0.25, 0.3) is 0 Å². The number of fused-ring (bicyclic) bond motifs is 3. The number of hydrogen-bond donors (Lipinski definition) is 1. The molecule has 202 valence electrons. The number of methoxy groups -OCH3 is 1. The van der Waals surface area contributed by atoms with Crippen molar-refractivity contribution in [3.8, 4) is 0 Å². The molecule has 0 radical (unpaired) electrons. The number of carbonyl (C=O) groups excluding carboxylic acids is 2. The van der Waals surface area contributed by atoms with Crippen molar-refractivity contribution in [2.75, 3.05) is 20.3 Å². The first-order valence-electron chi connectivity index (χ1n) is 13.3. The zero-order chi connectivity index (χ0) is 26.7. The lowest BCUT2D eigenvalue weighted by Gasteiger charge is -2.73. The van der Waals surface area contributed by atoms with E-state index < -0.39 is 16.9 Å². The molecule has 2 aromatic rings. The number of allylic oxidation sites excluding steroid dienone is 1. The van der Waals surface area contributed by atoms with Gasteiger partial charge in [0.2, 0.25) is 0 Å². The number of thiophene rings is 2. The van der Waals surface area contributed by atoms with Gasteiger partial charge >= 0.3 is 11.9 Å². The van der Waals surface area contributed by atoms with Crippen LogP contribution in [0.1, 0.15) is 58.4 Å². The number of esters is 2. The quantitative estimate of drug-likeness (QED) is 0.429. The predicted molar refractivity (Wildman–Crippen MR) is 146 cm³/mol. The highest BCUT2D eigenvalue weighted by atomic mass is 32.1. The van der Waals surface area contributed by atoms with Gasteiger partial charge in [0.15, 0.2) is 0 Å². The molecule has 0 aliphatic heterocycles. The van der Waals surface area contributed by atoms with Gasteiger partial charge < -0.3 is 19.3 Å². The molecule has 38 heavy (non-hydrogen) atoms. The summed E-state index contributed by atoms with van der Waals surface area (Å²) in [4.78, 5) is 27.0. The maximum Gasteiger partial charge on any atom is 0.348 e. The van der Waals surface area contributed by atoms with Crippen LogP contribution in [0.5, 0.6) is 0 Å². The molecule has 0 amide bonds. The van der Waals surface area contributed by atoms with Gasteiger partial charge in [-0.1, -0.05) is 43.7 Å². The summed E-state index contributed by atoms with van der Waals surface area (Å²) < 4.78 is 18.0. The monoisotopic (exact) mass is 554 g/mol. The summed E-state index contributed by atoms with van der Waals surface area (Å²) in [6.07, 6.45) is 5.26. The van der Waals surface area contributed by atoms with Crippen LogP contribution in [0.15, 0.2) is 58.8 Å². The molecule has 8 heteroatoms. The molecule has 3 saturated carbocycles. The molecular weight excluding hydrogens is 520 g/mol. The number of ether oxygens (including phenoxy) is 3. The molecule has 0 aromatic carbocycles. The van der Waals surface area contributed by atoms with Crippen molar-refractivity contribution in [3.63, 3.8) is 0 Å². The Balaban J connectivity index is 1.36. The minimum Gasteiger partial charge on any atom is -0.461 e. The molecular formula is C30H34O6S2. The fraction of sp³-hybridized carbons (Fsp3) is 0.533. The highest BCUT2D eigenvalue weighted by Crippen LogP contribution is 2.75. The number of rotatable bonds is 7. The van der Waals surface area contributed by atoms with Crippen LogP contribution in [0.2, 0.25) is 0 Å². The van der Waals surface area contributed by atoms with Crippen LogP contribution in [0.4, 0.5) is 0 Å². The average Bonchev–Trinajstić information content (AvgIpc) is 3.62. The lowest BCUT2D eigenvalue weighted by atomic mass is 9.32. The average molecular weight is 555 g/mol. The molecule has 7 atom stereocenters. The highest BCUT2D eigenvalue weighted by Gasteiger charge is 2.74. The van der Waals surface area contributed by atoms with Crippen LogP contribution >= 0.6 is 22.7 Å². The maximum absolute atomic E-state index is 13.0. The summed E-state index contributed by atoms with van der Waals surface area (Å²) in [5.74, 6) is -0.608. The van der Waals surface area contributed by atoms with Crippen molar-refractivity contribution in [2.45, 2.75) is 51.2 Å². The maximum atomic E-state index is 13.0. The third-order valence-corrected chi connectivity index (χ3v) is 11.6. The van der Waals surface area contributed by atoms with E-state index in [-0.39, 0.29) is 48.5 Å². The third kappa shape index (κ3) is 3.71. The summed E-state index contributed by atoms with van der Waals surface area (Å²) >= 11 is 2.75. The van der Waals surface area contributed by atoms with Gasteiger partial charge in [0, 0.05) is 29.3 Å². The van der Waals surface area contributed by atoms with Crippen LogP contribution in [0.3, 0.4) is 0 Å².